The summed E-state index contributed by atoms with van der Waals surface area (Å²) in [6.45, 7) is 0.737. The minimum absolute atomic E-state index is 0.233. The summed E-state index contributed by atoms with van der Waals surface area (Å²) in [6.07, 6.45) is 0.423. The Morgan fingerprint density at radius 1 is 0.885 bits per heavy atom. The SMILES string of the molecule is O=C(OC[SeH])C1CC(C(=O)OCc2ccccc2)N1Cc1ccccc1. The Labute approximate surface area is 161 Å². The van der Waals surface area contributed by atoms with Crippen molar-refractivity contribution in [3.63, 3.8) is 0 Å². The number of rotatable bonds is 7. The summed E-state index contributed by atoms with van der Waals surface area (Å²) < 4.78 is 10.6. The van der Waals surface area contributed by atoms with Crippen LogP contribution in [0, 0.1) is 0 Å². The summed E-state index contributed by atoms with van der Waals surface area (Å²) in [5.74, 6) is -0.602. The van der Waals surface area contributed by atoms with Crippen LogP contribution in [0.2, 0.25) is 0 Å². The summed E-state index contributed by atoms with van der Waals surface area (Å²) in [4.78, 5) is 26.5. The second-order valence-electron chi connectivity index (χ2n) is 6.11. The fourth-order valence-corrected chi connectivity index (χ4v) is 3.29. The van der Waals surface area contributed by atoms with Crippen LogP contribution in [0.15, 0.2) is 60.7 Å². The van der Waals surface area contributed by atoms with E-state index >= 15 is 0 Å². The first-order chi connectivity index (χ1) is 12.7. The monoisotopic (exact) mass is 419 g/mol. The molecule has 1 aliphatic rings. The molecule has 0 saturated carbocycles. The van der Waals surface area contributed by atoms with Gasteiger partial charge in [0.25, 0.3) is 0 Å². The molecule has 6 heteroatoms. The number of hydrogen-bond donors (Lipinski definition) is 0. The Morgan fingerprint density at radius 3 is 2.00 bits per heavy atom. The first-order valence-corrected chi connectivity index (χ1v) is 9.79. The van der Waals surface area contributed by atoms with Gasteiger partial charge in [-0.2, -0.15) is 0 Å². The zero-order valence-corrected chi connectivity index (χ0v) is 16.2. The zero-order chi connectivity index (χ0) is 18.4. The van der Waals surface area contributed by atoms with Crippen LogP contribution in [-0.4, -0.2) is 50.4 Å². The van der Waals surface area contributed by atoms with E-state index in [0.29, 0.717) is 13.0 Å². The van der Waals surface area contributed by atoms with E-state index in [-0.39, 0.29) is 24.1 Å². The summed E-state index contributed by atoms with van der Waals surface area (Å²) in [7, 11) is 0. The molecule has 0 spiro atoms. The third-order valence-corrected chi connectivity index (χ3v) is 4.70. The van der Waals surface area contributed by atoms with Crippen molar-refractivity contribution in [2.45, 2.75) is 31.7 Å². The van der Waals surface area contributed by atoms with Crippen molar-refractivity contribution in [1.29, 1.82) is 0 Å². The standard InChI is InChI=1S/C20H21NO4Se/c22-19(24-13-16-9-5-2-6-10-16)17-11-18(20(23)25-14-26)21(17)12-15-7-3-1-4-8-15/h1-10,17-18,26H,11-14H2. The first-order valence-electron chi connectivity index (χ1n) is 8.47. The Hall–Kier alpha value is -2.14. The molecule has 0 N–H and O–H groups in total. The van der Waals surface area contributed by atoms with Crippen molar-refractivity contribution in [3.05, 3.63) is 71.8 Å². The number of carbonyl (C=O) groups excluding carboxylic acids is 2. The average Bonchev–Trinajstić information content (AvgIpc) is 2.65. The van der Waals surface area contributed by atoms with Crippen LogP contribution in [0.4, 0.5) is 0 Å². The second kappa shape index (κ2) is 8.99. The van der Waals surface area contributed by atoms with Crippen molar-refractivity contribution in [3.8, 4) is 0 Å². The van der Waals surface area contributed by atoms with Crippen LogP contribution < -0.4 is 0 Å². The van der Waals surface area contributed by atoms with Gasteiger partial charge in [0.05, 0.1) is 0 Å². The Balaban J connectivity index is 1.64. The van der Waals surface area contributed by atoms with Gasteiger partial charge in [-0.3, -0.25) is 0 Å². The normalized spacial score (nSPS) is 19.4. The molecule has 2 aromatic rings. The van der Waals surface area contributed by atoms with E-state index in [2.05, 4.69) is 16.0 Å². The molecule has 2 unspecified atom stereocenters. The molecule has 1 fully saturated rings. The molecule has 5 nitrogen and oxygen atoms in total. The number of ether oxygens (including phenoxy) is 2. The van der Waals surface area contributed by atoms with Crippen LogP contribution in [0.5, 0.6) is 0 Å². The summed E-state index contributed by atoms with van der Waals surface area (Å²) in [5, 5.41) is 0. The van der Waals surface area contributed by atoms with E-state index in [1.165, 1.54) is 0 Å². The van der Waals surface area contributed by atoms with Gasteiger partial charge in [-0.1, -0.05) is 6.07 Å². The van der Waals surface area contributed by atoms with Crippen LogP contribution in [0.1, 0.15) is 17.5 Å². The number of carbonyl (C=O) groups is 2. The van der Waals surface area contributed by atoms with Crippen LogP contribution in [-0.2, 0) is 32.2 Å². The number of nitrogens with zero attached hydrogens (tertiary/aromatic N) is 1. The maximum atomic E-state index is 12.5. The average molecular weight is 418 g/mol. The van der Waals surface area contributed by atoms with Crippen molar-refractivity contribution in [2.75, 3.05) is 5.51 Å². The van der Waals surface area contributed by atoms with Crippen LogP contribution in [0.3, 0.4) is 0 Å². The van der Waals surface area contributed by atoms with Crippen LogP contribution >= 0.6 is 0 Å². The van der Waals surface area contributed by atoms with Gasteiger partial charge in [0.1, 0.15) is 0 Å². The van der Waals surface area contributed by atoms with E-state index in [1.54, 1.807) is 0 Å². The molecule has 2 aromatic carbocycles. The summed E-state index contributed by atoms with van der Waals surface area (Å²) in [6, 6.07) is 18.5. The Kier molecular flexibility index (Phi) is 6.45. The van der Waals surface area contributed by atoms with E-state index in [4.69, 9.17) is 9.47 Å². The molecule has 136 valence electrons. The number of benzene rings is 2. The van der Waals surface area contributed by atoms with E-state index < -0.39 is 12.1 Å². The molecule has 2 atom stereocenters. The Bertz CT molecular complexity index is 738. The van der Waals surface area contributed by atoms with Crippen LogP contribution in [0.25, 0.3) is 0 Å². The molecule has 1 saturated heterocycles. The molecule has 0 bridgehead atoms. The van der Waals surface area contributed by atoms with Gasteiger partial charge in [0.2, 0.25) is 0 Å². The molecule has 3 rings (SSSR count). The second-order valence-corrected chi connectivity index (χ2v) is 6.65. The van der Waals surface area contributed by atoms with E-state index in [0.717, 1.165) is 11.1 Å². The topological polar surface area (TPSA) is 55.8 Å². The maximum absolute atomic E-state index is 12.5. The van der Waals surface area contributed by atoms with Crippen molar-refractivity contribution < 1.29 is 19.1 Å². The third-order valence-electron chi connectivity index (χ3n) is 4.43. The fraction of sp³-hybridized carbons (Fsp3) is 0.300. The minimum atomic E-state index is -0.428. The van der Waals surface area contributed by atoms with Gasteiger partial charge < -0.3 is 0 Å². The third kappa shape index (κ3) is 4.52. The zero-order valence-electron chi connectivity index (χ0n) is 14.3. The molecular weight excluding hydrogens is 397 g/mol. The first kappa shape index (κ1) is 18.6. The predicted octanol–water partition coefficient (Wildman–Crippen LogP) is 1.77. The quantitative estimate of drug-likeness (QED) is 0.507. The molecule has 0 aromatic heterocycles. The summed E-state index contributed by atoms with van der Waals surface area (Å²) >= 11 is 2.22. The summed E-state index contributed by atoms with van der Waals surface area (Å²) in [5.41, 5.74) is 2.25. The van der Waals surface area contributed by atoms with E-state index in [1.807, 2.05) is 65.6 Å². The van der Waals surface area contributed by atoms with E-state index in [9.17, 15) is 9.59 Å². The predicted molar refractivity (Wildman–Crippen MR) is 98.5 cm³/mol. The van der Waals surface area contributed by atoms with Crippen molar-refractivity contribution in [2.24, 2.45) is 0 Å². The van der Waals surface area contributed by atoms with Gasteiger partial charge in [-0.05, 0) is 0 Å². The van der Waals surface area contributed by atoms with Crippen molar-refractivity contribution in [1.82, 2.24) is 4.90 Å². The molecule has 1 heterocycles. The number of esters is 2. The van der Waals surface area contributed by atoms with Gasteiger partial charge in [0, 0.05) is 0 Å². The van der Waals surface area contributed by atoms with Gasteiger partial charge in [-0.25, -0.2) is 0 Å². The molecule has 0 amide bonds. The van der Waals surface area contributed by atoms with Gasteiger partial charge >= 0.3 is 155 Å². The number of likely N-dealkylation sites (tertiary alicyclic amines) is 1. The fourth-order valence-electron chi connectivity index (χ4n) is 3.02. The molecule has 26 heavy (non-hydrogen) atoms. The number of hydrogen-bond acceptors (Lipinski definition) is 5. The molecule has 1 aliphatic heterocycles. The molecule has 0 aliphatic carbocycles. The van der Waals surface area contributed by atoms with Gasteiger partial charge in [-0.15, -0.1) is 0 Å². The molecular formula is C20H21NO4Se. The van der Waals surface area contributed by atoms with Gasteiger partial charge in [0.15, 0.2) is 0 Å². The van der Waals surface area contributed by atoms with Crippen molar-refractivity contribution >= 4 is 28.0 Å². The molecule has 0 radical (unpaired) electrons. The Morgan fingerprint density at radius 2 is 1.42 bits per heavy atom.